The molecule has 1 heterocycles. The third kappa shape index (κ3) is 3.71. The minimum absolute atomic E-state index is 0.775. The van der Waals surface area contributed by atoms with E-state index in [2.05, 4.69) is 51.9 Å². The van der Waals surface area contributed by atoms with Gasteiger partial charge in [-0.15, -0.1) is 11.3 Å². The Morgan fingerprint density at radius 1 is 0.769 bits per heavy atom. The molecule has 0 amide bonds. The third-order valence-corrected chi connectivity index (χ3v) is 4.73. The third-order valence-electron chi connectivity index (χ3n) is 3.98. The van der Waals surface area contributed by atoms with Crippen molar-refractivity contribution in [3.8, 4) is 22.4 Å². The molecule has 0 spiro atoms. The lowest BCUT2D eigenvalue weighted by atomic mass is 10.0. The molecular formula is C22H17N3S. The van der Waals surface area contributed by atoms with E-state index in [4.69, 9.17) is 0 Å². The van der Waals surface area contributed by atoms with Crippen LogP contribution in [-0.2, 0) is 0 Å². The molecule has 0 radical (unpaired) electrons. The van der Waals surface area contributed by atoms with Crippen LogP contribution in [0.2, 0.25) is 0 Å². The Kier molecular flexibility index (Phi) is 4.85. The Labute approximate surface area is 156 Å². The Balaban J connectivity index is 1.51. The molecule has 1 aromatic heterocycles. The zero-order valence-electron chi connectivity index (χ0n) is 14.0. The van der Waals surface area contributed by atoms with Crippen molar-refractivity contribution < 1.29 is 0 Å². The molecule has 0 saturated heterocycles. The highest BCUT2D eigenvalue weighted by atomic mass is 32.1. The van der Waals surface area contributed by atoms with Gasteiger partial charge in [0.25, 0.3) is 0 Å². The first-order valence-electron chi connectivity index (χ1n) is 8.34. The van der Waals surface area contributed by atoms with Gasteiger partial charge in [0.2, 0.25) is 5.13 Å². The number of nitrogens with zero attached hydrogens (tertiary/aromatic N) is 2. The molecule has 0 aliphatic heterocycles. The standard InChI is InChI=1S/C22H17N3S/c1-3-9-17(10-4-1)20-14-8-7-13-19(20)15-23-25-22-24-21(16-26-22)18-11-5-2-6-12-18/h1-16H,(H,24,25). The summed E-state index contributed by atoms with van der Waals surface area (Å²) in [7, 11) is 0. The van der Waals surface area contributed by atoms with Crippen LogP contribution >= 0.6 is 11.3 Å². The lowest BCUT2D eigenvalue weighted by Crippen LogP contribution is -1.92. The van der Waals surface area contributed by atoms with Crippen molar-refractivity contribution in [2.45, 2.75) is 0 Å². The molecule has 1 N–H and O–H groups in total. The second-order valence-electron chi connectivity index (χ2n) is 5.73. The SMILES string of the molecule is C(=NNc1nc(-c2ccccc2)cs1)c1ccccc1-c1ccccc1. The Hall–Kier alpha value is -3.24. The van der Waals surface area contributed by atoms with Crippen molar-refractivity contribution in [1.82, 2.24) is 4.98 Å². The maximum Gasteiger partial charge on any atom is 0.203 e. The molecule has 0 atom stereocenters. The summed E-state index contributed by atoms with van der Waals surface area (Å²) in [6, 6.07) is 28.7. The fraction of sp³-hybridized carbons (Fsp3) is 0. The van der Waals surface area contributed by atoms with Crippen molar-refractivity contribution in [3.63, 3.8) is 0 Å². The summed E-state index contributed by atoms with van der Waals surface area (Å²) in [5.74, 6) is 0. The minimum atomic E-state index is 0.775. The summed E-state index contributed by atoms with van der Waals surface area (Å²) in [5, 5.41) is 7.19. The fourth-order valence-corrected chi connectivity index (χ4v) is 3.38. The highest BCUT2D eigenvalue weighted by Gasteiger charge is 2.04. The number of thiazole rings is 1. The summed E-state index contributed by atoms with van der Waals surface area (Å²) in [4.78, 5) is 4.59. The highest BCUT2D eigenvalue weighted by Crippen LogP contribution is 2.25. The monoisotopic (exact) mass is 355 g/mol. The van der Waals surface area contributed by atoms with Gasteiger partial charge in [-0.3, -0.25) is 5.43 Å². The molecule has 4 aromatic rings. The number of nitrogens with one attached hydrogen (secondary N) is 1. The summed E-state index contributed by atoms with van der Waals surface area (Å²) in [5.41, 5.74) is 8.49. The number of hydrogen-bond donors (Lipinski definition) is 1. The van der Waals surface area contributed by atoms with Crippen molar-refractivity contribution in [2.24, 2.45) is 5.10 Å². The van der Waals surface area contributed by atoms with Gasteiger partial charge in [-0.25, -0.2) is 4.98 Å². The quantitative estimate of drug-likeness (QED) is 0.356. The molecular weight excluding hydrogens is 338 g/mol. The smallest absolute Gasteiger partial charge is 0.203 e. The van der Waals surface area contributed by atoms with Crippen molar-refractivity contribution in [1.29, 1.82) is 0 Å². The number of benzene rings is 3. The largest absolute Gasteiger partial charge is 0.253 e. The van der Waals surface area contributed by atoms with Crippen molar-refractivity contribution >= 4 is 22.7 Å². The van der Waals surface area contributed by atoms with Gasteiger partial charge in [-0.1, -0.05) is 84.9 Å². The highest BCUT2D eigenvalue weighted by molar-refractivity contribution is 7.14. The second kappa shape index (κ2) is 7.76. The molecule has 4 heteroatoms. The molecule has 26 heavy (non-hydrogen) atoms. The molecule has 4 rings (SSSR count). The molecule has 0 fully saturated rings. The maximum absolute atomic E-state index is 4.59. The van der Waals surface area contributed by atoms with Gasteiger partial charge in [0.05, 0.1) is 11.9 Å². The average Bonchev–Trinajstić information content (AvgIpc) is 3.19. The van der Waals surface area contributed by atoms with Crippen molar-refractivity contribution in [3.05, 3.63) is 95.9 Å². The molecule has 0 saturated carbocycles. The van der Waals surface area contributed by atoms with E-state index < -0.39 is 0 Å². The van der Waals surface area contributed by atoms with Crippen LogP contribution in [0.5, 0.6) is 0 Å². The predicted molar refractivity (Wildman–Crippen MR) is 111 cm³/mol. The zero-order valence-corrected chi connectivity index (χ0v) is 14.9. The van der Waals surface area contributed by atoms with E-state index in [9.17, 15) is 0 Å². The molecule has 3 aromatic carbocycles. The summed E-state index contributed by atoms with van der Waals surface area (Å²) in [6.07, 6.45) is 1.84. The fourth-order valence-electron chi connectivity index (χ4n) is 2.71. The lowest BCUT2D eigenvalue weighted by Gasteiger charge is -2.05. The number of aromatic nitrogens is 1. The van der Waals surface area contributed by atoms with E-state index in [0.717, 1.165) is 27.5 Å². The predicted octanol–water partition coefficient (Wildman–Crippen LogP) is 5.92. The first kappa shape index (κ1) is 16.2. The van der Waals surface area contributed by atoms with Gasteiger partial charge in [-0.2, -0.15) is 5.10 Å². The maximum atomic E-state index is 4.59. The molecule has 0 bridgehead atoms. The normalized spacial score (nSPS) is 10.9. The Bertz CT molecular complexity index is 1010. The number of anilines is 1. The van der Waals surface area contributed by atoms with Gasteiger partial charge in [-0.05, 0) is 11.1 Å². The van der Waals surface area contributed by atoms with Crippen LogP contribution in [0.3, 0.4) is 0 Å². The first-order chi connectivity index (χ1) is 12.9. The topological polar surface area (TPSA) is 37.3 Å². The van der Waals surface area contributed by atoms with Crippen LogP contribution in [0.25, 0.3) is 22.4 Å². The first-order valence-corrected chi connectivity index (χ1v) is 9.22. The van der Waals surface area contributed by atoms with E-state index in [1.165, 1.54) is 5.56 Å². The van der Waals surface area contributed by atoms with Crippen LogP contribution in [0, 0.1) is 0 Å². The number of hydrazone groups is 1. The van der Waals surface area contributed by atoms with E-state index in [0.29, 0.717) is 0 Å². The molecule has 0 unspecified atom stereocenters. The molecule has 0 aliphatic carbocycles. The molecule has 126 valence electrons. The van der Waals surface area contributed by atoms with E-state index in [1.54, 1.807) is 11.3 Å². The van der Waals surface area contributed by atoms with Crippen molar-refractivity contribution in [2.75, 3.05) is 5.43 Å². The van der Waals surface area contributed by atoms with E-state index in [1.807, 2.05) is 60.1 Å². The van der Waals surface area contributed by atoms with Crippen LogP contribution in [0.4, 0.5) is 5.13 Å². The van der Waals surface area contributed by atoms with Gasteiger partial charge >= 0.3 is 0 Å². The molecule has 3 nitrogen and oxygen atoms in total. The minimum Gasteiger partial charge on any atom is -0.253 e. The summed E-state index contributed by atoms with van der Waals surface area (Å²) < 4.78 is 0. The average molecular weight is 355 g/mol. The summed E-state index contributed by atoms with van der Waals surface area (Å²) in [6.45, 7) is 0. The van der Waals surface area contributed by atoms with E-state index in [-0.39, 0.29) is 0 Å². The van der Waals surface area contributed by atoms with Crippen LogP contribution in [0.15, 0.2) is 95.4 Å². The number of rotatable bonds is 5. The zero-order chi connectivity index (χ0) is 17.6. The van der Waals surface area contributed by atoms with E-state index >= 15 is 0 Å². The summed E-state index contributed by atoms with van der Waals surface area (Å²) >= 11 is 1.54. The van der Waals surface area contributed by atoms with Gasteiger partial charge < -0.3 is 0 Å². The lowest BCUT2D eigenvalue weighted by molar-refractivity contribution is 1.29. The van der Waals surface area contributed by atoms with Gasteiger partial charge in [0.1, 0.15) is 0 Å². The number of hydrogen-bond acceptors (Lipinski definition) is 4. The second-order valence-corrected chi connectivity index (χ2v) is 6.59. The van der Waals surface area contributed by atoms with Crippen LogP contribution in [0.1, 0.15) is 5.56 Å². The van der Waals surface area contributed by atoms with Crippen LogP contribution in [-0.4, -0.2) is 11.2 Å². The Morgan fingerprint density at radius 3 is 2.19 bits per heavy atom. The Morgan fingerprint density at radius 2 is 1.42 bits per heavy atom. The van der Waals surface area contributed by atoms with Crippen LogP contribution < -0.4 is 5.43 Å². The molecule has 0 aliphatic rings. The van der Waals surface area contributed by atoms with Gasteiger partial charge in [0.15, 0.2) is 0 Å². The van der Waals surface area contributed by atoms with Gasteiger partial charge in [0, 0.05) is 16.5 Å².